The summed E-state index contributed by atoms with van der Waals surface area (Å²) in [7, 11) is 0. The van der Waals surface area contributed by atoms with E-state index in [9.17, 15) is 30.0 Å². The third-order valence-electron chi connectivity index (χ3n) is 7.43. The molecule has 248 valence electrons. The molecular formula is C36H66O6Zn. The molecular weight excluding hydrogens is 594 g/mol. The molecule has 0 radical (unpaired) electrons. The van der Waals surface area contributed by atoms with E-state index in [1.54, 1.807) is 0 Å². The fraction of sp³-hybridized carbons (Fsp3) is 0.833. The van der Waals surface area contributed by atoms with Crippen LogP contribution in [0, 0.1) is 0 Å². The van der Waals surface area contributed by atoms with Gasteiger partial charge in [0.1, 0.15) is 0 Å². The Kier molecular flexibility index (Phi) is 42.1. The molecule has 0 heterocycles. The van der Waals surface area contributed by atoms with E-state index in [0.717, 1.165) is 116 Å². The Balaban J connectivity index is -0.000000727. The van der Waals surface area contributed by atoms with Gasteiger partial charge in [-0.15, -0.1) is 0 Å². The van der Waals surface area contributed by atoms with E-state index < -0.39 is 11.9 Å². The van der Waals surface area contributed by atoms with Gasteiger partial charge in [0.25, 0.3) is 0 Å². The smallest absolute Gasteiger partial charge is 0.550 e. The van der Waals surface area contributed by atoms with Crippen molar-refractivity contribution in [2.24, 2.45) is 0 Å². The molecule has 0 unspecified atom stereocenters. The van der Waals surface area contributed by atoms with Gasteiger partial charge in [0.05, 0.1) is 12.2 Å². The maximum atomic E-state index is 10.2. The monoisotopic (exact) mass is 658 g/mol. The van der Waals surface area contributed by atoms with E-state index in [1.807, 2.05) is 0 Å². The molecule has 0 saturated carbocycles. The first-order valence-corrected chi connectivity index (χ1v) is 17.4. The van der Waals surface area contributed by atoms with Gasteiger partial charge in [-0.25, -0.2) is 0 Å². The summed E-state index contributed by atoms with van der Waals surface area (Å²) in [4.78, 5) is 20.4. The van der Waals surface area contributed by atoms with Gasteiger partial charge in [0, 0.05) is 11.9 Å². The van der Waals surface area contributed by atoms with Crippen molar-refractivity contribution < 1.29 is 49.5 Å². The molecule has 0 aliphatic heterocycles. The van der Waals surface area contributed by atoms with Gasteiger partial charge in [-0.3, -0.25) is 0 Å². The van der Waals surface area contributed by atoms with Crippen molar-refractivity contribution in [3.05, 3.63) is 24.3 Å². The van der Waals surface area contributed by atoms with E-state index in [-0.39, 0.29) is 44.5 Å². The van der Waals surface area contributed by atoms with Gasteiger partial charge < -0.3 is 30.0 Å². The number of hydrogen-bond acceptors (Lipinski definition) is 6. The molecule has 2 N–H and O–H groups in total. The van der Waals surface area contributed by atoms with E-state index >= 15 is 0 Å². The second kappa shape index (κ2) is 39.0. The molecule has 43 heavy (non-hydrogen) atoms. The first-order chi connectivity index (χ1) is 20.3. The molecule has 0 saturated heterocycles. The summed E-state index contributed by atoms with van der Waals surface area (Å²) < 4.78 is 0. The fourth-order valence-electron chi connectivity index (χ4n) is 4.72. The van der Waals surface area contributed by atoms with Gasteiger partial charge in [0.2, 0.25) is 0 Å². The van der Waals surface area contributed by atoms with E-state index in [1.165, 1.54) is 38.5 Å². The molecule has 0 aromatic carbocycles. The van der Waals surface area contributed by atoms with Crippen LogP contribution in [0.5, 0.6) is 0 Å². The minimum absolute atomic E-state index is 0. The molecule has 0 aliphatic rings. The number of aliphatic carboxylic acids is 2. The summed E-state index contributed by atoms with van der Waals surface area (Å²) in [6.07, 6.45) is 34.0. The Morgan fingerprint density at radius 1 is 0.512 bits per heavy atom. The predicted octanol–water partition coefficient (Wildman–Crippen LogP) is 7.49. The zero-order chi connectivity index (χ0) is 31.5. The van der Waals surface area contributed by atoms with Gasteiger partial charge in [-0.2, -0.15) is 0 Å². The molecule has 0 amide bonds. The predicted molar refractivity (Wildman–Crippen MR) is 172 cm³/mol. The Hall–Kier alpha value is -1.04. The molecule has 0 aliphatic carbocycles. The van der Waals surface area contributed by atoms with Gasteiger partial charge in [-0.05, 0) is 77.0 Å². The SMILES string of the molecule is CCCCCC[C@@H](O)C/C=C/CCCCCCCC(=O)[O-].CCCCCC[C@@H](O)C/C=C\CCCCCCCC(=O)[O-].[Zn+2]. The summed E-state index contributed by atoms with van der Waals surface area (Å²) in [6, 6.07) is 0. The van der Waals surface area contributed by atoms with E-state index in [0.29, 0.717) is 0 Å². The maximum Gasteiger partial charge on any atom is 2.00 e. The number of aliphatic hydroxyl groups excluding tert-OH is 2. The van der Waals surface area contributed by atoms with Crippen LogP contribution in [0.3, 0.4) is 0 Å². The molecule has 0 fully saturated rings. The molecule has 0 bridgehead atoms. The normalized spacial score (nSPS) is 12.6. The van der Waals surface area contributed by atoms with Crippen molar-refractivity contribution in [3.8, 4) is 0 Å². The second-order valence-electron chi connectivity index (χ2n) is 11.8. The first kappa shape index (κ1) is 46.4. The van der Waals surface area contributed by atoms with Crippen LogP contribution in [0.1, 0.15) is 181 Å². The maximum absolute atomic E-state index is 10.2. The Morgan fingerprint density at radius 2 is 0.837 bits per heavy atom. The van der Waals surface area contributed by atoms with Gasteiger partial charge in [0.15, 0.2) is 0 Å². The summed E-state index contributed by atoms with van der Waals surface area (Å²) in [5, 5.41) is 40.0. The van der Waals surface area contributed by atoms with E-state index in [4.69, 9.17) is 0 Å². The van der Waals surface area contributed by atoms with Crippen LogP contribution < -0.4 is 10.2 Å². The Labute approximate surface area is 278 Å². The van der Waals surface area contributed by atoms with Crippen LogP contribution in [0.2, 0.25) is 0 Å². The number of carboxylic acid groups (broad SMARTS) is 2. The van der Waals surface area contributed by atoms with Crippen LogP contribution in [0.4, 0.5) is 0 Å². The first-order valence-electron chi connectivity index (χ1n) is 17.4. The van der Waals surface area contributed by atoms with Gasteiger partial charge >= 0.3 is 19.5 Å². The van der Waals surface area contributed by atoms with Crippen molar-refractivity contribution >= 4 is 11.9 Å². The fourth-order valence-corrected chi connectivity index (χ4v) is 4.72. The summed E-state index contributed by atoms with van der Waals surface area (Å²) >= 11 is 0. The molecule has 6 nitrogen and oxygen atoms in total. The van der Waals surface area contributed by atoms with Crippen molar-refractivity contribution in [2.45, 2.75) is 193 Å². The minimum atomic E-state index is -0.939. The van der Waals surface area contributed by atoms with Crippen molar-refractivity contribution in [2.75, 3.05) is 0 Å². The largest absolute Gasteiger partial charge is 2.00 e. The third-order valence-corrected chi connectivity index (χ3v) is 7.43. The number of carboxylic acids is 2. The van der Waals surface area contributed by atoms with Crippen LogP contribution in [-0.4, -0.2) is 34.4 Å². The van der Waals surface area contributed by atoms with Crippen LogP contribution in [-0.2, 0) is 29.1 Å². The second-order valence-corrected chi connectivity index (χ2v) is 11.8. The zero-order valence-corrected chi connectivity index (χ0v) is 31.1. The van der Waals surface area contributed by atoms with E-state index in [2.05, 4.69) is 38.2 Å². The number of carbonyl (C=O) groups is 2. The molecule has 0 aromatic rings. The van der Waals surface area contributed by atoms with Crippen molar-refractivity contribution in [1.82, 2.24) is 0 Å². The van der Waals surface area contributed by atoms with Crippen LogP contribution in [0.25, 0.3) is 0 Å². The number of carbonyl (C=O) groups excluding carboxylic acids is 2. The molecule has 7 heteroatoms. The van der Waals surface area contributed by atoms with Gasteiger partial charge in [-0.1, -0.05) is 128 Å². The van der Waals surface area contributed by atoms with Crippen LogP contribution in [0.15, 0.2) is 24.3 Å². The molecule has 0 spiro atoms. The number of aliphatic hydroxyl groups is 2. The van der Waals surface area contributed by atoms with Crippen LogP contribution >= 0.6 is 0 Å². The average molecular weight is 660 g/mol. The topological polar surface area (TPSA) is 121 Å². The zero-order valence-electron chi connectivity index (χ0n) is 28.1. The third kappa shape index (κ3) is 45.5. The van der Waals surface area contributed by atoms with Crippen molar-refractivity contribution in [1.29, 1.82) is 0 Å². The minimum Gasteiger partial charge on any atom is -0.550 e. The Morgan fingerprint density at radius 3 is 1.19 bits per heavy atom. The number of hydrogen-bond donors (Lipinski definition) is 2. The number of unbranched alkanes of at least 4 members (excludes halogenated alkanes) is 16. The summed E-state index contributed by atoms with van der Waals surface area (Å²) in [6.45, 7) is 4.39. The average Bonchev–Trinajstić information content (AvgIpc) is 2.95. The Bertz CT molecular complexity index is 583. The number of allylic oxidation sites excluding steroid dienone is 2. The molecule has 2 atom stereocenters. The standard InChI is InChI=1S/2C18H34O3.Zn/c2*1-2-3-4-11-14-17(19)15-12-9-7-5-6-8-10-13-16-18(20)21;/h2*9,12,17,19H,2-8,10-11,13-16H2,1H3,(H,20,21);/q;;+2/p-2/b12-9+;12-9-;/t2*17-;/m11./s1. The summed E-state index contributed by atoms with van der Waals surface area (Å²) in [5.41, 5.74) is 0. The molecule has 0 aromatic heterocycles. The number of rotatable bonds is 30. The molecule has 0 rings (SSSR count). The van der Waals surface area contributed by atoms with Crippen molar-refractivity contribution in [3.63, 3.8) is 0 Å². The summed E-state index contributed by atoms with van der Waals surface area (Å²) in [5.74, 6) is -1.88. The quantitative estimate of drug-likeness (QED) is 0.0468.